The summed E-state index contributed by atoms with van der Waals surface area (Å²) in [6, 6.07) is 0. The number of nitrogens with zero attached hydrogens (tertiary/aromatic N) is 1. The predicted molar refractivity (Wildman–Crippen MR) is 33.0 cm³/mol. The molecule has 0 saturated heterocycles. The second kappa shape index (κ2) is 15.9. The van der Waals surface area contributed by atoms with E-state index in [0.29, 0.717) is 0 Å². The van der Waals surface area contributed by atoms with Crippen molar-refractivity contribution in [1.29, 1.82) is 0 Å². The molecule has 0 spiro atoms. The van der Waals surface area contributed by atoms with E-state index in [1.165, 1.54) is 4.90 Å². The normalized spacial score (nSPS) is 5.00. The van der Waals surface area contributed by atoms with Crippen molar-refractivity contribution in [3.63, 3.8) is 0 Å². The predicted octanol–water partition coefficient (Wildman–Crippen LogP) is -0.540. The average molecular weight is 143 g/mol. The zero-order valence-electron chi connectivity index (χ0n) is 4.87. The van der Waals surface area contributed by atoms with Crippen LogP contribution in [0.25, 0.3) is 0 Å². The Morgan fingerprint density at radius 1 is 1.50 bits per heavy atom. The molecule has 0 atom stereocenters. The summed E-state index contributed by atoms with van der Waals surface area (Å²) >= 11 is 0. The lowest BCUT2D eigenvalue weighted by Crippen LogP contribution is -2.06. The maximum atomic E-state index is 9.43. The standard InChI is InChI=1S/C3H7NO.ClH.H3NO/c1-4(2)3-5;;1-2/h3H,1-2H3;1H;2H,1H2. The number of nitrogens with two attached hydrogens (primary N) is 1. The first-order chi connectivity index (χ1) is 3.27. The molecule has 0 fully saturated rings. The van der Waals surface area contributed by atoms with Crippen molar-refractivity contribution in [3.05, 3.63) is 0 Å². The van der Waals surface area contributed by atoms with Gasteiger partial charge in [0.2, 0.25) is 6.41 Å². The van der Waals surface area contributed by atoms with E-state index >= 15 is 0 Å². The minimum atomic E-state index is 0. The Labute approximate surface area is 54.6 Å². The first-order valence-corrected chi connectivity index (χ1v) is 1.65. The van der Waals surface area contributed by atoms with Gasteiger partial charge in [-0.2, -0.15) is 0 Å². The Kier molecular flexibility index (Phi) is 31.1. The Hall–Kier alpha value is -0.320. The van der Waals surface area contributed by atoms with E-state index in [2.05, 4.69) is 5.90 Å². The molecule has 0 aromatic heterocycles. The van der Waals surface area contributed by atoms with Gasteiger partial charge in [-0.25, -0.2) is 5.90 Å². The third kappa shape index (κ3) is 44.1. The van der Waals surface area contributed by atoms with Gasteiger partial charge in [0.15, 0.2) is 0 Å². The molecule has 1 amide bonds. The summed E-state index contributed by atoms with van der Waals surface area (Å²) in [5, 5.41) is 6.50. The zero-order valence-corrected chi connectivity index (χ0v) is 5.68. The molecule has 0 radical (unpaired) electrons. The summed E-state index contributed by atoms with van der Waals surface area (Å²) in [7, 11) is 3.38. The third-order valence-corrected chi connectivity index (χ3v) is 0.211. The van der Waals surface area contributed by atoms with Crippen LogP contribution in [0.3, 0.4) is 0 Å². The zero-order chi connectivity index (χ0) is 6.28. The minimum Gasteiger partial charge on any atom is -0.351 e. The van der Waals surface area contributed by atoms with Gasteiger partial charge in [-0.05, 0) is 0 Å². The van der Waals surface area contributed by atoms with E-state index in [1.54, 1.807) is 14.1 Å². The van der Waals surface area contributed by atoms with Gasteiger partial charge in [0.1, 0.15) is 0 Å². The quantitative estimate of drug-likeness (QED) is 0.382. The van der Waals surface area contributed by atoms with Gasteiger partial charge in [-0.15, -0.1) is 12.4 Å². The minimum absolute atomic E-state index is 0. The van der Waals surface area contributed by atoms with Gasteiger partial charge in [0.05, 0.1) is 0 Å². The molecule has 0 bridgehead atoms. The SMILES string of the molecule is CN(C)C=O.Cl.NO. The van der Waals surface area contributed by atoms with Crippen LogP contribution in [0.1, 0.15) is 0 Å². The fourth-order valence-corrected chi connectivity index (χ4v) is 0. The lowest BCUT2D eigenvalue weighted by atomic mass is 11.0. The molecular weight excluding hydrogens is 131 g/mol. The highest BCUT2D eigenvalue weighted by Gasteiger charge is 1.68. The summed E-state index contributed by atoms with van der Waals surface area (Å²) in [5.41, 5.74) is 0. The molecule has 0 unspecified atom stereocenters. The number of amides is 1. The highest BCUT2D eigenvalue weighted by molar-refractivity contribution is 5.85. The molecule has 4 nitrogen and oxygen atoms in total. The number of hydrogen-bond acceptors (Lipinski definition) is 3. The van der Waals surface area contributed by atoms with Crippen LogP contribution < -0.4 is 5.90 Å². The van der Waals surface area contributed by atoms with Gasteiger partial charge in [-0.1, -0.05) is 0 Å². The van der Waals surface area contributed by atoms with Crippen molar-refractivity contribution >= 4 is 18.8 Å². The van der Waals surface area contributed by atoms with E-state index in [9.17, 15) is 4.79 Å². The maximum absolute atomic E-state index is 9.43. The second-order valence-electron chi connectivity index (χ2n) is 1.07. The first-order valence-electron chi connectivity index (χ1n) is 1.65. The van der Waals surface area contributed by atoms with Gasteiger partial charge >= 0.3 is 0 Å². The molecule has 0 aromatic carbocycles. The van der Waals surface area contributed by atoms with Gasteiger partial charge in [0, 0.05) is 14.1 Å². The molecule has 8 heavy (non-hydrogen) atoms. The van der Waals surface area contributed by atoms with E-state index < -0.39 is 0 Å². The Balaban J connectivity index is -0.0000000750. The number of rotatable bonds is 1. The second-order valence-corrected chi connectivity index (χ2v) is 1.07. The molecule has 0 aliphatic carbocycles. The molecule has 0 aliphatic rings. The van der Waals surface area contributed by atoms with Gasteiger partial charge in [-0.3, -0.25) is 4.79 Å². The highest BCUT2D eigenvalue weighted by atomic mass is 35.5. The van der Waals surface area contributed by atoms with Crippen molar-refractivity contribution in [2.24, 2.45) is 5.90 Å². The first kappa shape index (κ1) is 15.6. The monoisotopic (exact) mass is 142 g/mol. The summed E-state index contributed by atoms with van der Waals surface area (Å²) in [4.78, 5) is 10.9. The molecule has 0 heterocycles. The van der Waals surface area contributed by atoms with Crippen LogP contribution in [0, 0.1) is 0 Å². The van der Waals surface area contributed by atoms with Crippen molar-refractivity contribution < 1.29 is 10.0 Å². The van der Waals surface area contributed by atoms with E-state index in [1.807, 2.05) is 0 Å². The van der Waals surface area contributed by atoms with Crippen molar-refractivity contribution in [2.75, 3.05) is 14.1 Å². The molecule has 52 valence electrons. The van der Waals surface area contributed by atoms with Gasteiger partial charge in [0.25, 0.3) is 0 Å². The molecule has 0 saturated carbocycles. The van der Waals surface area contributed by atoms with Crippen LogP contribution in [0.2, 0.25) is 0 Å². The summed E-state index contributed by atoms with van der Waals surface area (Å²) < 4.78 is 0. The van der Waals surface area contributed by atoms with Crippen LogP contribution in [0.4, 0.5) is 0 Å². The number of carbonyl (C=O) groups is 1. The molecule has 0 aliphatic heterocycles. The summed E-state index contributed by atoms with van der Waals surface area (Å²) in [5.74, 6) is 3.50. The topological polar surface area (TPSA) is 66.6 Å². The fraction of sp³-hybridized carbons (Fsp3) is 0.667. The van der Waals surface area contributed by atoms with Crippen LogP contribution in [-0.2, 0) is 4.79 Å². The third-order valence-electron chi connectivity index (χ3n) is 0.211. The highest BCUT2D eigenvalue weighted by Crippen LogP contribution is 1.52. The van der Waals surface area contributed by atoms with E-state index in [-0.39, 0.29) is 12.4 Å². The Bertz CT molecular complexity index is 42.3. The lowest BCUT2D eigenvalue weighted by Gasteiger charge is -1.93. The summed E-state index contributed by atoms with van der Waals surface area (Å²) in [6.45, 7) is 0. The molecular formula is C3H11ClN2O2. The van der Waals surface area contributed by atoms with Crippen LogP contribution in [-0.4, -0.2) is 30.6 Å². The van der Waals surface area contributed by atoms with Gasteiger partial charge < -0.3 is 10.1 Å². The molecule has 0 rings (SSSR count). The van der Waals surface area contributed by atoms with E-state index in [0.717, 1.165) is 6.41 Å². The van der Waals surface area contributed by atoms with Crippen molar-refractivity contribution in [3.8, 4) is 0 Å². The average Bonchev–Trinajstić information content (AvgIpc) is 1.73. The molecule has 5 heteroatoms. The fourth-order valence-electron chi connectivity index (χ4n) is 0. The van der Waals surface area contributed by atoms with Crippen LogP contribution in [0.5, 0.6) is 0 Å². The number of hydrogen-bond donors (Lipinski definition) is 2. The van der Waals surface area contributed by atoms with Crippen LogP contribution >= 0.6 is 12.4 Å². The number of carbonyl (C=O) groups excluding carboxylic acids is 1. The molecule has 3 N–H and O–H groups in total. The molecule has 0 aromatic rings. The number of halogens is 1. The summed E-state index contributed by atoms with van der Waals surface area (Å²) in [6.07, 6.45) is 0.750. The Morgan fingerprint density at radius 2 is 1.62 bits per heavy atom. The lowest BCUT2D eigenvalue weighted by molar-refractivity contribution is -0.115. The maximum Gasteiger partial charge on any atom is 0.209 e. The van der Waals surface area contributed by atoms with Crippen molar-refractivity contribution in [1.82, 2.24) is 4.90 Å². The largest absolute Gasteiger partial charge is 0.351 e. The smallest absolute Gasteiger partial charge is 0.209 e. The van der Waals surface area contributed by atoms with Crippen molar-refractivity contribution in [2.45, 2.75) is 0 Å². The van der Waals surface area contributed by atoms with Crippen LogP contribution in [0.15, 0.2) is 0 Å². The van der Waals surface area contributed by atoms with E-state index in [4.69, 9.17) is 5.21 Å². The Morgan fingerprint density at radius 3 is 1.62 bits per heavy atom.